The Labute approximate surface area is 137 Å². The summed E-state index contributed by atoms with van der Waals surface area (Å²) in [6.45, 7) is 4.79. The van der Waals surface area contributed by atoms with Crippen molar-refractivity contribution in [3.8, 4) is 0 Å². The van der Waals surface area contributed by atoms with E-state index in [1.54, 1.807) is 12.1 Å². The van der Waals surface area contributed by atoms with E-state index in [9.17, 15) is 12.8 Å². The maximum absolute atomic E-state index is 14.1. The van der Waals surface area contributed by atoms with Gasteiger partial charge in [-0.25, -0.2) is 12.8 Å². The average Bonchev–Trinajstić information content (AvgIpc) is 2.42. The minimum absolute atomic E-state index is 0.101. The Morgan fingerprint density at radius 1 is 1.32 bits per heavy atom. The van der Waals surface area contributed by atoms with Gasteiger partial charge in [-0.1, -0.05) is 31.5 Å². The number of sulfone groups is 1. The molecule has 1 atom stereocenters. The lowest BCUT2D eigenvalue weighted by atomic mass is 9.94. The van der Waals surface area contributed by atoms with Crippen LogP contribution in [0.15, 0.2) is 18.2 Å². The van der Waals surface area contributed by atoms with Crippen molar-refractivity contribution in [3.63, 3.8) is 0 Å². The predicted octanol–water partition coefficient (Wildman–Crippen LogP) is 3.59. The minimum Gasteiger partial charge on any atom is -0.309 e. The third-order valence-electron chi connectivity index (χ3n) is 4.26. The molecule has 1 aliphatic rings. The van der Waals surface area contributed by atoms with Gasteiger partial charge in [-0.3, -0.25) is 0 Å². The summed E-state index contributed by atoms with van der Waals surface area (Å²) in [5.41, 5.74) is 0.614. The van der Waals surface area contributed by atoms with Crippen LogP contribution in [-0.4, -0.2) is 26.5 Å². The molecule has 0 unspecified atom stereocenters. The van der Waals surface area contributed by atoms with Crippen molar-refractivity contribution >= 4 is 21.4 Å². The first-order valence-electron chi connectivity index (χ1n) is 7.67. The highest BCUT2D eigenvalue weighted by molar-refractivity contribution is 7.91. The van der Waals surface area contributed by atoms with Crippen LogP contribution in [0.4, 0.5) is 4.39 Å². The third-order valence-corrected chi connectivity index (χ3v) is 6.22. The first kappa shape index (κ1) is 17.7. The zero-order valence-electron chi connectivity index (χ0n) is 13.0. The molecule has 0 amide bonds. The van der Waals surface area contributed by atoms with Crippen molar-refractivity contribution < 1.29 is 12.8 Å². The molecule has 6 heteroatoms. The Bertz CT molecular complexity index is 605. The summed E-state index contributed by atoms with van der Waals surface area (Å²) >= 11 is 5.81. The maximum Gasteiger partial charge on any atom is 0.150 e. The average molecular weight is 348 g/mol. The van der Waals surface area contributed by atoms with Crippen LogP contribution in [0, 0.1) is 17.7 Å². The zero-order chi connectivity index (χ0) is 16.3. The first-order chi connectivity index (χ1) is 10.3. The van der Waals surface area contributed by atoms with Gasteiger partial charge in [0.05, 0.1) is 11.5 Å². The lowest BCUT2D eigenvalue weighted by molar-refractivity contribution is 0.347. The van der Waals surface area contributed by atoms with Crippen LogP contribution < -0.4 is 5.32 Å². The summed E-state index contributed by atoms with van der Waals surface area (Å²) < 4.78 is 37.0. The van der Waals surface area contributed by atoms with Gasteiger partial charge in [0.25, 0.3) is 0 Å². The summed E-state index contributed by atoms with van der Waals surface area (Å²) in [6, 6.07) is 4.65. The lowest BCUT2D eigenvalue weighted by Gasteiger charge is -2.28. The van der Waals surface area contributed by atoms with Crippen LogP contribution >= 0.6 is 11.6 Å². The second kappa shape index (κ2) is 7.28. The van der Waals surface area contributed by atoms with Crippen molar-refractivity contribution in [2.45, 2.75) is 32.7 Å². The molecule has 0 bridgehead atoms. The van der Waals surface area contributed by atoms with Gasteiger partial charge < -0.3 is 5.32 Å². The number of hydrogen-bond acceptors (Lipinski definition) is 3. The molecule has 0 aliphatic carbocycles. The van der Waals surface area contributed by atoms with Gasteiger partial charge in [0.1, 0.15) is 15.7 Å². The van der Waals surface area contributed by atoms with E-state index in [0.717, 1.165) is 0 Å². The highest BCUT2D eigenvalue weighted by atomic mass is 35.5. The molecule has 22 heavy (non-hydrogen) atoms. The SMILES string of the molecule is CC(C)[C@@H](NCC1CCS(=O)(=O)CC1)c1ccc(Cl)cc1F. The molecule has 0 radical (unpaired) electrons. The smallest absolute Gasteiger partial charge is 0.150 e. The molecule has 124 valence electrons. The predicted molar refractivity (Wildman–Crippen MR) is 88.4 cm³/mol. The normalized spacial score (nSPS) is 20.2. The van der Waals surface area contributed by atoms with Gasteiger partial charge in [-0.15, -0.1) is 0 Å². The quantitative estimate of drug-likeness (QED) is 0.885. The van der Waals surface area contributed by atoms with E-state index in [1.165, 1.54) is 6.07 Å². The molecule has 1 aliphatic heterocycles. The first-order valence-corrected chi connectivity index (χ1v) is 9.87. The van der Waals surface area contributed by atoms with Gasteiger partial charge in [-0.05, 0) is 43.4 Å². The van der Waals surface area contributed by atoms with E-state index in [2.05, 4.69) is 5.32 Å². The Morgan fingerprint density at radius 2 is 1.95 bits per heavy atom. The van der Waals surface area contributed by atoms with E-state index >= 15 is 0 Å². The van der Waals surface area contributed by atoms with E-state index in [4.69, 9.17) is 11.6 Å². The van der Waals surface area contributed by atoms with Crippen LogP contribution in [0.3, 0.4) is 0 Å². The molecule has 1 saturated heterocycles. The van der Waals surface area contributed by atoms with Crippen LogP contribution in [0.5, 0.6) is 0 Å². The fourth-order valence-electron chi connectivity index (χ4n) is 2.90. The monoisotopic (exact) mass is 347 g/mol. The Kier molecular flexibility index (Phi) is 5.86. The lowest BCUT2D eigenvalue weighted by Crippen LogP contribution is -2.35. The second-order valence-electron chi connectivity index (χ2n) is 6.39. The van der Waals surface area contributed by atoms with Gasteiger partial charge >= 0.3 is 0 Å². The molecule has 3 nitrogen and oxygen atoms in total. The Morgan fingerprint density at radius 3 is 2.50 bits per heavy atom. The van der Waals surface area contributed by atoms with Crippen LogP contribution in [0.25, 0.3) is 0 Å². The van der Waals surface area contributed by atoms with Crippen molar-refractivity contribution in [2.24, 2.45) is 11.8 Å². The molecule has 1 fully saturated rings. The fraction of sp³-hybridized carbons (Fsp3) is 0.625. The second-order valence-corrected chi connectivity index (χ2v) is 9.13. The topological polar surface area (TPSA) is 46.2 Å². The molecule has 2 rings (SSSR count). The van der Waals surface area contributed by atoms with Crippen molar-refractivity contribution in [3.05, 3.63) is 34.6 Å². The maximum atomic E-state index is 14.1. The molecule has 1 N–H and O–H groups in total. The molecule has 0 spiro atoms. The highest BCUT2D eigenvalue weighted by Gasteiger charge is 2.25. The third kappa shape index (κ3) is 4.67. The molecule has 0 saturated carbocycles. The summed E-state index contributed by atoms with van der Waals surface area (Å²) in [5, 5.41) is 3.80. The molecular weight excluding hydrogens is 325 g/mol. The number of benzene rings is 1. The molecule has 0 aromatic heterocycles. The minimum atomic E-state index is -2.84. The number of hydrogen-bond donors (Lipinski definition) is 1. The van der Waals surface area contributed by atoms with Gasteiger partial charge in [0.15, 0.2) is 0 Å². The summed E-state index contributed by atoms with van der Waals surface area (Å²) in [6.07, 6.45) is 1.37. The molecule has 1 aromatic carbocycles. The van der Waals surface area contributed by atoms with E-state index in [1.807, 2.05) is 13.8 Å². The van der Waals surface area contributed by atoms with Crippen LogP contribution in [0.2, 0.25) is 5.02 Å². The van der Waals surface area contributed by atoms with Gasteiger partial charge in [0, 0.05) is 16.6 Å². The number of nitrogens with one attached hydrogen (secondary N) is 1. The highest BCUT2D eigenvalue weighted by Crippen LogP contribution is 2.27. The zero-order valence-corrected chi connectivity index (χ0v) is 14.6. The Balaban J connectivity index is 2.01. The summed E-state index contributed by atoms with van der Waals surface area (Å²) in [4.78, 5) is 0. The van der Waals surface area contributed by atoms with E-state index < -0.39 is 9.84 Å². The van der Waals surface area contributed by atoms with Crippen LogP contribution in [0.1, 0.15) is 38.3 Å². The standard InChI is InChI=1S/C16H23ClFNO2S/c1-11(2)16(14-4-3-13(17)9-15(14)18)19-10-12-5-7-22(20,21)8-6-12/h3-4,9,11-12,16,19H,5-8,10H2,1-2H3/t16-/m1/s1. The summed E-state index contributed by atoms with van der Waals surface area (Å²) in [7, 11) is -2.84. The van der Waals surface area contributed by atoms with Crippen molar-refractivity contribution in [1.29, 1.82) is 0 Å². The van der Waals surface area contributed by atoms with Crippen LogP contribution in [-0.2, 0) is 9.84 Å². The molecule has 1 heterocycles. The van der Waals surface area contributed by atoms with Crippen molar-refractivity contribution in [1.82, 2.24) is 5.32 Å². The Hall–Kier alpha value is -0.650. The fourth-order valence-corrected chi connectivity index (χ4v) is 4.64. The van der Waals surface area contributed by atoms with E-state index in [0.29, 0.717) is 35.9 Å². The molecular formula is C16H23ClFNO2S. The largest absolute Gasteiger partial charge is 0.309 e. The van der Waals surface area contributed by atoms with Gasteiger partial charge in [0.2, 0.25) is 0 Å². The van der Waals surface area contributed by atoms with Crippen molar-refractivity contribution in [2.75, 3.05) is 18.1 Å². The van der Waals surface area contributed by atoms with E-state index in [-0.39, 0.29) is 29.3 Å². The number of rotatable bonds is 5. The molecule has 1 aromatic rings. The van der Waals surface area contributed by atoms with Gasteiger partial charge in [-0.2, -0.15) is 0 Å². The summed E-state index contributed by atoms with van der Waals surface area (Å²) in [5.74, 6) is 0.787. The number of halogens is 2.